The third-order valence-corrected chi connectivity index (χ3v) is 3.43. The summed E-state index contributed by atoms with van der Waals surface area (Å²) >= 11 is 5.83. The molecule has 96 valence electrons. The second-order valence-corrected chi connectivity index (χ2v) is 5.11. The molecule has 2 rings (SSSR count). The predicted molar refractivity (Wildman–Crippen MR) is 73.2 cm³/mol. The minimum Gasteiger partial charge on any atom is -0.349 e. The molecule has 1 aromatic carbocycles. The monoisotopic (exact) mass is 264 g/mol. The van der Waals surface area contributed by atoms with E-state index >= 15 is 0 Å². The largest absolute Gasteiger partial charge is 0.349 e. The lowest BCUT2D eigenvalue weighted by Gasteiger charge is -2.17. The van der Waals surface area contributed by atoms with Crippen LogP contribution < -0.4 is 11.1 Å². The molecule has 3 nitrogen and oxygen atoms in total. The Kier molecular flexibility index (Phi) is 4.04. The molecule has 0 fully saturated rings. The number of rotatable bonds is 3. The van der Waals surface area contributed by atoms with Crippen molar-refractivity contribution >= 4 is 17.5 Å². The number of nitrogens with one attached hydrogen (secondary N) is 1. The van der Waals surface area contributed by atoms with Crippen molar-refractivity contribution in [2.75, 3.05) is 0 Å². The van der Waals surface area contributed by atoms with Crippen LogP contribution in [0.2, 0.25) is 5.02 Å². The highest BCUT2D eigenvalue weighted by molar-refractivity contribution is 6.30. The molecule has 0 heterocycles. The topological polar surface area (TPSA) is 55.1 Å². The van der Waals surface area contributed by atoms with Gasteiger partial charge in [-0.2, -0.15) is 0 Å². The summed E-state index contributed by atoms with van der Waals surface area (Å²) < 4.78 is 0. The molecule has 1 amide bonds. The molecule has 18 heavy (non-hydrogen) atoms. The second kappa shape index (κ2) is 5.55. The van der Waals surface area contributed by atoms with E-state index in [9.17, 15) is 4.79 Å². The zero-order valence-electron chi connectivity index (χ0n) is 10.3. The number of benzene rings is 1. The van der Waals surface area contributed by atoms with E-state index < -0.39 is 0 Å². The highest BCUT2D eigenvalue weighted by atomic mass is 35.5. The highest BCUT2D eigenvalue weighted by Crippen LogP contribution is 2.20. The van der Waals surface area contributed by atoms with Crippen molar-refractivity contribution in [2.24, 2.45) is 11.7 Å². The van der Waals surface area contributed by atoms with E-state index in [1.54, 1.807) is 0 Å². The fourth-order valence-electron chi connectivity index (χ4n) is 2.08. The zero-order chi connectivity index (χ0) is 13.1. The normalized spacial score (nSPS) is 23.9. The van der Waals surface area contributed by atoms with Gasteiger partial charge < -0.3 is 11.1 Å². The molecule has 1 aromatic rings. The maximum Gasteiger partial charge on any atom is 0.227 e. The number of nitrogens with two attached hydrogens (primary N) is 1. The number of halogens is 1. The molecule has 3 atom stereocenters. The third-order valence-electron chi connectivity index (χ3n) is 3.18. The van der Waals surface area contributed by atoms with Crippen LogP contribution in [0.25, 0.3) is 0 Å². The first-order chi connectivity index (χ1) is 8.56. The SMILES string of the molecule is CC(NC(=O)C1C=CC(N)C1)c1ccc(Cl)cc1. The summed E-state index contributed by atoms with van der Waals surface area (Å²) in [6.07, 6.45) is 4.46. The van der Waals surface area contributed by atoms with Crippen LogP contribution in [0.3, 0.4) is 0 Å². The Balaban J connectivity index is 1.95. The van der Waals surface area contributed by atoms with Gasteiger partial charge in [0.25, 0.3) is 0 Å². The molecule has 0 radical (unpaired) electrons. The van der Waals surface area contributed by atoms with Gasteiger partial charge in [0, 0.05) is 11.1 Å². The average molecular weight is 265 g/mol. The van der Waals surface area contributed by atoms with E-state index in [0.29, 0.717) is 11.4 Å². The van der Waals surface area contributed by atoms with Crippen LogP contribution in [-0.4, -0.2) is 11.9 Å². The standard InChI is InChI=1S/C14H17ClN2O/c1-9(10-2-5-12(15)6-3-10)17-14(18)11-4-7-13(16)8-11/h2-7,9,11,13H,8,16H2,1H3,(H,17,18). The molecule has 4 heteroatoms. The van der Waals surface area contributed by atoms with Gasteiger partial charge in [-0.25, -0.2) is 0 Å². The van der Waals surface area contributed by atoms with Crippen molar-refractivity contribution in [3.05, 3.63) is 47.0 Å². The van der Waals surface area contributed by atoms with Crippen LogP contribution in [-0.2, 0) is 4.79 Å². The number of hydrogen-bond donors (Lipinski definition) is 2. The zero-order valence-corrected chi connectivity index (χ0v) is 11.0. The van der Waals surface area contributed by atoms with Gasteiger partial charge in [0.1, 0.15) is 0 Å². The highest BCUT2D eigenvalue weighted by Gasteiger charge is 2.23. The number of hydrogen-bond acceptors (Lipinski definition) is 2. The van der Waals surface area contributed by atoms with Gasteiger partial charge in [0.2, 0.25) is 5.91 Å². The Morgan fingerprint density at radius 3 is 2.61 bits per heavy atom. The molecule has 1 aliphatic rings. The molecule has 0 bridgehead atoms. The van der Waals surface area contributed by atoms with E-state index in [1.807, 2.05) is 43.3 Å². The minimum atomic E-state index is -0.102. The van der Waals surface area contributed by atoms with Crippen molar-refractivity contribution in [2.45, 2.75) is 25.4 Å². The smallest absolute Gasteiger partial charge is 0.227 e. The van der Waals surface area contributed by atoms with Gasteiger partial charge in [0.15, 0.2) is 0 Å². The molecule has 0 saturated carbocycles. The summed E-state index contributed by atoms with van der Waals surface area (Å²) in [7, 11) is 0. The van der Waals surface area contributed by atoms with E-state index in [2.05, 4.69) is 5.32 Å². The molecule has 0 aromatic heterocycles. The molecule has 3 unspecified atom stereocenters. The summed E-state index contributed by atoms with van der Waals surface area (Å²) in [4.78, 5) is 12.0. The fourth-order valence-corrected chi connectivity index (χ4v) is 2.20. The molecule has 1 aliphatic carbocycles. The van der Waals surface area contributed by atoms with Gasteiger partial charge in [-0.05, 0) is 31.0 Å². The Labute approximate surface area is 112 Å². The van der Waals surface area contributed by atoms with Crippen LogP contribution in [0.5, 0.6) is 0 Å². The van der Waals surface area contributed by atoms with Crippen LogP contribution >= 0.6 is 11.6 Å². The molecule has 0 aliphatic heterocycles. The van der Waals surface area contributed by atoms with Crippen LogP contribution in [0, 0.1) is 5.92 Å². The van der Waals surface area contributed by atoms with Crippen LogP contribution in [0.4, 0.5) is 0 Å². The average Bonchev–Trinajstić information content (AvgIpc) is 2.76. The second-order valence-electron chi connectivity index (χ2n) is 4.67. The predicted octanol–water partition coefficient (Wildman–Crippen LogP) is 2.42. The molecule has 0 spiro atoms. The maximum atomic E-state index is 12.0. The van der Waals surface area contributed by atoms with Crippen molar-refractivity contribution in [1.29, 1.82) is 0 Å². The Bertz CT molecular complexity index is 455. The molecule has 0 saturated heterocycles. The quantitative estimate of drug-likeness (QED) is 0.824. The fraction of sp³-hybridized carbons (Fsp3) is 0.357. The molecular formula is C14H17ClN2O. The lowest BCUT2D eigenvalue weighted by atomic mass is 10.0. The maximum absolute atomic E-state index is 12.0. The van der Waals surface area contributed by atoms with Gasteiger partial charge in [0.05, 0.1) is 12.0 Å². The molecule has 3 N–H and O–H groups in total. The first kappa shape index (κ1) is 13.1. The van der Waals surface area contributed by atoms with Crippen molar-refractivity contribution in [3.63, 3.8) is 0 Å². The van der Waals surface area contributed by atoms with Crippen molar-refractivity contribution in [1.82, 2.24) is 5.32 Å². The lowest BCUT2D eigenvalue weighted by Crippen LogP contribution is -2.32. The van der Waals surface area contributed by atoms with E-state index in [1.165, 1.54) is 0 Å². The Morgan fingerprint density at radius 2 is 2.06 bits per heavy atom. The lowest BCUT2D eigenvalue weighted by molar-refractivity contribution is -0.124. The minimum absolute atomic E-state index is 0.00610. The summed E-state index contributed by atoms with van der Waals surface area (Å²) in [6.45, 7) is 1.96. The number of carbonyl (C=O) groups is 1. The summed E-state index contributed by atoms with van der Waals surface area (Å²) in [5, 5.41) is 3.69. The van der Waals surface area contributed by atoms with E-state index in [4.69, 9.17) is 17.3 Å². The first-order valence-corrected chi connectivity index (χ1v) is 6.44. The van der Waals surface area contributed by atoms with Crippen molar-refractivity contribution < 1.29 is 4.79 Å². The van der Waals surface area contributed by atoms with E-state index in [0.717, 1.165) is 5.56 Å². The van der Waals surface area contributed by atoms with Crippen LogP contribution in [0.15, 0.2) is 36.4 Å². The van der Waals surface area contributed by atoms with Crippen LogP contribution in [0.1, 0.15) is 24.9 Å². The van der Waals surface area contributed by atoms with Gasteiger partial charge >= 0.3 is 0 Å². The van der Waals surface area contributed by atoms with Gasteiger partial charge in [-0.3, -0.25) is 4.79 Å². The summed E-state index contributed by atoms with van der Waals surface area (Å²) in [5.74, 6) is -0.0728. The summed E-state index contributed by atoms with van der Waals surface area (Å²) in [5.41, 5.74) is 6.78. The molecular weight excluding hydrogens is 248 g/mol. The van der Waals surface area contributed by atoms with E-state index in [-0.39, 0.29) is 23.9 Å². The first-order valence-electron chi connectivity index (χ1n) is 6.06. The van der Waals surface area contributed by atoms with Gasteiger partial charge in [-0.15, -0.1) is 0 Å². The Morgan fingerprint density at radius 1 is 1.39 bits per heavy atom. The van der Waals surface area contributed by atoms with Crippen molar-refractivity contribution in [3.8, 4) is 0 Å². The number of amides is 1. The summed E-state index contributed by atoms with van der Waals surface area (Å²) in [6, 6.07) is 7.47. The third kappa shape index (κ3) is 3.12. The number of carbonyl (C=O) groups excluding carboxylic acids is 1. The van der Waals surface area contributed by atoms with Gasteiger partial charge in [-0.1, -0.05) is 35.9 Å². The Hall–Kier alpha value is -1.32.